The van der Waals surface area contributed by atoms with Gasteiger partial charge in [-0.25, -0.2) is 4.98 Å². The lowest BCUT2D eigenvalue weighted by Crippen LogP contribution is -2.45. The third kappa shape index (κ3) is 3.36. The van der Waals surface area contributed by atoms with Gasteiger partial charge in [-0.15, -0.1) is 0 Å². The molecule has 10 heteroatoms. The summed E-state index contributed by atoms with van der Waals surface area (Å²) >= 11 is 0. The number of anilines is 1. The van der Waals surface area contributed by atoms with E-state index in [0.717, 1.165) is 32.4 Å². The Kier molecular flexibility index (Phi) is 4.87. The van der Waals surface area contributed by atoms with Crippen molar-refractivity contribution in [3.8, 4) is 11.6 Å². The number of aromatic amines is 2. The van der Waals surface area contributed by atoms with E-state index in [0.29, 0.717) is 58.7 Å². The first-order chi connectivity index (χ1) is 18.0. The lowest BCUT2D eigenvalue weighted by atomic mass is 9.73. The van der Waals surface area contributed by atoms with Gasteiger partial charge in [-0.05, 0) is 41.9 Å². The molecule has 1 spiro atoms. The van der Waals surface area contributed by atoms with E-state index in [2.05, 4.69) is 55.9 Å². The molecule has 0 bridgehead atoms. The van der Waals surface area contributed by atoms with Crippen molar-refractivity contribution < 1.29 is 9.47 Å². The number of fused-ring (bicyclic) bond motifs is 3. The van der Waals surface area contributed by atoms with Crippen LogP contribution in [0.2, 0.25) is 0 Å². The zero-order chi connectivity index (χ0) is 25.1. The molecule has 188 valence electrons. The summed E-state index contributed by atoms with van der Waals surface area (Å²) in [5.74, 6) is 1.45. The van der Waals surface area contributed by atoms with Crippen LogP contribution in [0.15, 0.2) is 47.9 Å². The highest BCUT2D eigenvalue weighted by atomic mass is 16.6. The predicted molar refractivity (Wildman–Crippen MR) is 139 cm³/mol. The normalized spacial score (nSPS) is 19.8. The van der Waals surface area contributed by atoms with Crippen molar-refractivity contribution in [1.29, 1.82) is 0 Å². The molecule has 1 fully saturated rings. The van der Waals surface area contributed by atoms with Gasteiger partial charge in [0.1, 0.15) is 24.3 Å². The highest BCUT2D eigenvalue weighted by Gasteiger charge is 2.46. The molecule has 3 aromatic heterocycles. The Morgan fingerprint density at radius 3 is 2.81 bits per heavy atom. The topological polar surface area (TPSA) is 135 Å². The fourth-order valence-corrected chi connectivity index (χ4v) is 6.08. The van der Waals surface area contributed by atoms with Crippen molar-refractivity contribution >= 4 is 22.6 Å². The van der Waals surface area contributed by atoms with Gasteiger partial charge in [-0.1, -0.05) is 30.8 Å². The minimum atomic E-state index is -0.268. The molecule has 1 saturated heterocycles. The van der Waals surface area contributed by atoms with Crippen LogP contribution < -0.4 is 25.7 Å². The summed E-state index contributed by atoms with van der Waals surface area (Å²) in [5.41, 5.74) is 11.2. The number of nitrogens with two attached hydrogens (primary N) is 1. The minimum absolute atomic E-state index is 0.0369. The summed E-state index contributed by atoms with van der Waals surface area (Å²) in [4.78, 5) is 27.3. The van der Waals surface area contributed by atoms with Crippen molar-refractivity contribution in [3.05, 3.63) is 75.8 Å². The summed E-state index contributed by atoms with van der Waals surface area (Å²) in [5, 5.41) is 7.69. The zero-order valence-corrected chi connectivity index (χ0v) is 20.3. The molecule has 1 aliphatic carbocycles. The molecular weight excluding hydrogens is 470 g/mol. The van der Waals surface area contributed by atoms with Gasteiger partial charge in [-0.2, -0.15) is 10.1 Å². The molecule has 7 rings (SSSR count). The summed E-state index contributed by atoms with van der Waals surface area (Å²) < 4.78 is 11.4. The molecule has 0 radical (unpaired) electrons. The molecule has 3 aliphatic rings. The maximum absolute atomic E-state index is 13.3. The van der Waals surface area contributed by atoms with Gasteiger partial charge >= 0.3 is 0 Å². The number of ether oxygens (including phenoxy) is 2. The number of hydrogen-bond donors (Lipinski definition) is 3. The second-order valence-corrected chi connectivity index (χ2v) is 10.1. The first-order valence-electron chi connectivity index (χ1n) is 12.5. The number of rotatable bonds is 3. The van der Waals surface area contributed by atoms with Crippen LogP contribution in [0.3, 0.4) is 0 Å². The summed E-state index contributed by atoms with van der Waals surface area (Å²) in [7, 11) is 0. The zero-order valence-electron chi connectivity index (χ0n) is 20.3. The van der Waals surface area contributed by atoms with Gasteiger partial charge in [0, 0.05) is 36.5 Å². The fourth-order valence-electron chi connectivity index (χ4n) is 6.08. The van der Waals surface area contributed by atoms with Crippen LogP contribution in [0, 0.1) is 5.41 Å². The Morgan fingerprint density at radius 1 is 1.16 bits per heavy atom. The summed E-state index contributed by atoms with van der Waals surface area (Å²) in [6.07, 6.45) is 4.50. The Bertz CT molecular complexity index is 1600. The third-order valence-corrected chi connectivity index (χ3v) is 8.12. The monoisotopic (exact) mass is 497 g/mol. The highest BCUT2D eigenvalue weighted by Crippen LogP contribution is 2.50. The molecule has 2 aliphatic heterocycles. The van der Waals surface area contributed by atoms with Crippen LogP contribution in [0.1, 0.15) is 41.3 Å². The second-order valence-electron chi connectivity index (χ2n) is 10.1. The third-order valence-electron chi connectivity index (χ3n) is 8.12. The molecule has 10 nitrogen and oxygen atoms in total. The van der Waals surface area contributed by atoms with Gasteiger partial charge in [-0.3, -0.25) is 14.9 Å². The number of hydrogen-bond acceptors (Lipinski definition) is 8. The molecule has 4 aromatic rings. The highest BCUT2D eigenvalue weighted by molar-refractivity contribution is 5.93. The van der Waals surface area contributed by atoms with Crippen molar-refractivity contribution in [2.24, 2.45) is 11.1 Å². The summed E-state index contributed by atoms with van der Waals surface area (Å²) in [6, 6.07) is 10.3. The molecular formula is C27H27N7O3. The summed E-state index contributed by atoms with van der Waals surface area (Å²) in [6.45, 7) is 6.58. The molecule has 0 amide bonds. The van der Waals surface area contributed by atoms with Crippen molar-refractivity contribution in [3.63, 3.8) is 0 Å². The molecule has 0 saturated carbocycles. The molecule has 1 atom stereocenters. The van der Waals surface area contributed by atoms with Gasteiger partial charge in [0.05, 0.1) is 0 Å². The second kappa shape index (κ2) is 8.17. The largest absolute Gasteiger partial charge is 0.484 e. The minimum Gasteiger partial charge on any atom is -0.484 e. The number of pyridine rings is 1. The van der Waals surface area contributed by atoms with Crippen molar-refractivity contribution in [2.75, 3.05) is 31.2 Å². The quantitative estimate of drug-likeness (QED) is 0.393. The van der Waals surface area contributed by atoms with Crippen LogP contribution in [-0.4, -0.2) is 51.5 Å². The van der Waals surface area contributed by atoms with E-state index in [1.54, 1.807) is 12.3 Å². The van der Waals surface area contributed by atoms with Gasteiger partial charge in [0.15, 0.2) is 11.4 Å². The number of nitrogens with zero attached hydrogens (tertiary/aromatic N) is 4. The molecule has 0 unspecified atom stereocenters. The van der Waals surface area contributed by atoms with E-state index < -0.39 is 0 Å². The first kappa shape index (κ1) is 22.1. The van der Waals surface area contributed by atoms with E-state index in [1.165, 1.54) is 11.1 Å². The number of nitrogens with one attached hydrogen (secondary N) is 2. The van der Waals surface area contributed by atoms with E-state index >= 15 is 0 Å². The van der Waals surface area contributed by atoms with Crippen LogP contribution in [0.4, 0.5) is 5.95 Å². The Balaban J connectivity index is 1.16. The average Bonchev–Trinajstić information content (AvgIpc) is 3.48. The Labute approximate surface area is 212 Å². The van der Waals surface area contributed by atoms with E-state index in [9.17, 15) is 4.79 Å². The van der Waals surface area contributed by atoms with Crippen molar-refractivity contribution in [1.82, 2.24) is 25.1 Å². The fraction of sp³-hybridized carbons (Fsp3) is 0.333. The lowest BCUT2D eigenvalue weighted by molar-refractivity contribution is 0.164. The average molecular weight is 498 g/mol. The predicted octanol–water partition coefficient (Wildman–Crippen LogP) is 2.72. The van der Waals surface area contributed by atoms with Crippen LogP contribution in [0.25, 0.3) is 16.6 Å². The molecule has 37 heavy (non-hydrogen) atoms. The smallest absolute Gasteiger partial charge is 0.264 e. The molecule has 1 aromatic carbocycles. The maximum Gasteiger partial charge on any atom is 0.264 e. The van der Waals surface area contributed by atoms with Gasteiger partial charge < -0.3 is 20.1 Å². The number of benzene rings is 1. The lowest BCUT2D eigenvalue weighted by Gasteiger charge is -2.42. The van der Waals surface area contributed by atoms with E-state index in [4.69, 9.17) is 20.2 Å². The van der Waals surface area contributed by atoms with Crippen LogP contribution in [-0.2, 0) is 6.42 Å². The maximum atomic E-state index is 13.3. The van der Waals surface area contributed by atoms with Gasteiger partial charge in [0.2, 0.25) is 5.95 Å². The Hall–Kier alpha value is -4.18. The standard InChI is InChI=1S/C27H27N7O3/c1-15(17-6-9-29-25-21(17)36-12-13-37-25)20-19-23(33-32-20)30-26(31-24(19)35)34-10-7-27(8-11-34)14-16-4-2-3-5-18(16)22(27)28/h2-6,9,22H,1,7-8,10-14,28H2,(H2,30,31,32,33,35)/t22-/m1/s1. The first-order valence-corrected chi connectivity index (χ1v) is 12.5. The number of aromatic nitrogens is 5. The van der Waals surface area contributed by atoms with Crippen molar-refractivity contribution in [2.45, 2.75) is 25.3 Å². The number of piperidine rings is 1. The van der Waals surface area contributed by atoms with Crippen LogP contribution >= 0.6 is 0 Å². The molecule has 4 N–H and O–H groups in total. The van der Waals surface area contributed by atoms with Crippen LogP contribution in [0.5, 0.6) is 11.6 Å². The van der Waals surface area contributed by atoms with Gasteiger partial charge in [0.25, 0.3) is 11.4 Å². The van der Waals surface area contributed by atoms with E-state index in [-0.39, 0.29) is 17.0 Å². The SMILES string of the molecule is C=C(c1ccnc2c1OCCO2)c1n[nH]c2nc(N3CCC4(CC3)Cc3ccccc3[C@H]4N)[nH]c(=O)c12. The number of H-pyrrole nitrogens is 2. The van der Waals surface area contributed by atoms with E-state index in [1.807, 2.05) is 0 Å². The molecule has 5 heterocycles. The Morgan fingerprint density at radius 2 is 1.97 bits per heavy atom.